The van der Waals surface area contributed by atoms with Crippen molar-refractivity contribution in [3.63, 3.8) is 0 Å². The molecule has 0 aromatic heterocycles. The van der Waals surface area contributed by atoms with Crippen LogP contribution in [0.4, 0.5) is 0 Å². The van der Waals surface area contributed by atoms with Crippen LogP contribution in [0.3, 0.4) is 0 Å². The van der Waals surface area contributed by atoms with Crippen molar-refractivity contribution in [1.29, 1.82) is 0 Å². The summed E-state index contributed by atoms with van der Waals surface area (Å²) in [5, 5.41) is 0. The molecule has 0 unspecified atom stereocenters. The number of hydrogen-bond donors (Lipinski definition) is 0. The van der Waals surface area contributed by atoms with E-state index in [-0.39, 0.29) is 0 Å². The Morgan fingerprint density at radius 1 is 1.44 bits per heavy atom. The molecule has 1 aromatic rings. The fourth-order valence-corrected chi connectivity index (χ4v) is 2.53. The molecule has 4 heteroatoms. The Labute approximate surface area is 117 Å². The van der Waals surface area contributed by atoms with E-state index in [1.807, 2.05) is 24.3 Å². The minimum Gasteiger partial charge on any atom is -0.491 e. The highest BCUT2D eigenvalue weighted by molar-refractivity contribution is 9.10. The summed E-state index contributed by atoms with van der Waals surface area (Å²) in [5.41, 5.74) is 0. The van der Waals surface area contributed by atoms with Gasteiger partial charge in [0.2, 0.25) is 0 Å². The standard InChI is InChI=1S/C14H20BrNO2/c1-16(10-12-6-8-17-11-12)7-9-18-14-5-3-2-4-13(14)15/h2-5,12H,6-11H2,1H3/t12-/m0/s1. The molecule has 1 atom stereocenters. The van der Waals surface area contributed by atoms with Gasteiger partial charge in [-0.3, -0.25) is 0 Å². The van der Waals surface area contributed by atoms with Crippen molar-refractivity contribution < 1.29 is 9.47 Å². The van der Waals surface area contributed by atoms with Gasteiger partial charge in [-0.05, 0) is 47.4 Å². The Morgan fingerprint density at radius 3 is 3.00 bits per heavy atom. The van der Waals surface area contributed by atoms with Crippen molar-refractivity contribution in [3.8, 4) is 5.75 Å². The zero-order chi connectivity index (χ0) is 12.8. The van der Waals surface area contributed by atoms with E-state index in [0.717, 1.165) is 36.5 Å². The van der Waals surface area contributed by atoms with E-state index in [9.17, 15) is 0 Å². The first-order valence-corrected chi connectivity index (χ1v) is 7.18. The first-order chi connectivity index (χ1) is 8.75. The van der Waals surface area contributed by atoms with Gasteiger partial charge in [0.05, 0.1) is 11.1 Å². The highest BCUT2D eigenvalue weighted by Gasteiger charge is 2.17. The normalized spacial score (nSPS) is 19.4. The molecule has 1 aliphatic heterocycles. The molecule has 0 spiro atoms. The van der Waals surface area contributed by atoms with Crippen LogP contribution in [-0.2, 0) is 4.74 Å². The average Bonchev–Trinajstić information content (AvgIpc) is 2.84. The number of rotatable bonds is 6. The van der Waals surface area contributed by atoms with E-state index in [1.165, 1.54) is 6.42 Å². The average molecular weight is 314 g/mol. The number of nitrogens with zero attached hydrogens (tertiary/aromatic N) is 1. The summed E-state index contributed by atoms with van der Waals surface area (Å²) in [6.07, 6.45) is 1.19. The lowest BCUT2D eigenvalue weighted by molar-refractivity contribution is 0.167. The highest BCUT2D eigenvalue weighted by Crippen LogP contribution is 2.23. The molecule has 1 saturated heterocycles. The van der Waals surface area contributed by atoms with Crippen molar-refractivity contribution in [2.24, 2.45) is 5.92 Å². The molecule has 0 amide bonds. The van der Waals surface area contributed by atoms with E-state index in [1.54, 1.807) is 0 Å². The molecule has 1 aromatic carbocycles. The van der Waals surface area contributed by atoms with Gasteiger partial charge in [0, 0.05) is 19.7 Å². The van der Waals surface area contributed by atoms with Crippen LogP contribution in [0.2, 0.25) is 0 Å². The molecule has 0 N–H and O–H groups in total. The molecule has 0 saturated carbocycles. The van der Waals surface area contributed by atoms with Gasteiger partial charge in [-0.1, -0.05) is 12.1 Å². The molecule has 3 nitrogen and oxygen atoms in total. The first-order valence-electron chi connectivity index (χ1n) is 6.39. The molecule has 18 heavy (non-hydrogen) atoms. The molecular formula is C14H20BrNO2. The second kappa shape index (κ2) is 7.12. The fraction of sp³-hybridized carbons (Fsp3) is 0.571. The predicted molar refractivity (Wildman–Crippen MR) is 76.1 cm³/mol. The van der Waals surface area contributed by atoms with Crippen molar-refractivity contribution in [2.75, 3.05) is 40.0 Å². The van der Waals surface area contributed by atoms with Crippen molar-refractivity contribution in [1.82, 2.24) is 4.90 Å². The number of likely N-dealkylation sites (N-methyl/N-ethyl adjacent to an activating group) is 1. The van der Waals surface area contributed by atoms with Crippen LogP contribution in [-0.4, -0.2) is 44.9 Å². The van der Waals surface area contributed by atoms with Crippen molar-refractivity contribution in [2.45, 2.75) is 6.42 Å². The third kappa shape index (κ3) is 4.26. The molecule has 2 rings (SSSR count). The maximum Gasteiger partial charge on any atom is 0.133 e. The van der Waals surface area contributed by atoms with Crippen LogP contribution in [0.1, 0.15) is 6.42 Å². The zero-order valence-corrected chi connectivity index (χ0v) is 12.4. The van der Waals surface area contributed by atoms with Gasteiger partial charge in [-0.2, -0.15) is 0 Å². The van der Waals surface area contributed by atoms with Gasteiger partial charge in [0.1, 0.15) is 12.4 Å². The summed E-state index contributed by atoms with van der Waals surface area (Å²) in [6.45, 7) is 4.59. The molecular weight excluding hydrogens is 294 g/mol. The number of halogens is 1. The van der Waals surface area contributed by atoms with Crippen molar-refractivity contribution >= 4 is 15.9 Å². The Morgan fingerprint density at radius 2 is 2.28 bits per heavy atom. The van der Waals surface area contributed by atoms with E-state index >= 15 is 0 Å². The lowest BCUT2D eigenvalue weighted by Crippen LogP contribution is -2.29. The number of ether oxygens (including phenoxy) is 2. The Balaban J connectivity index is 1.67. The second-order valence-corrected chi connectivity index (χ2v) is 5.63. The van der Waals surface area contributed by atoms with E-state index in [4.69, 9.17) is 9.47 Å². The molecule has 0 radical (unpaired) electrons. The van der Waals surface area contributed by atoms with Crippen LogP contribution in [0.5, 0.6) is 5.75 Å². The van der Waals surface area contributed by atoms with Gasteiger partial charge >= 0.3 is 0 Å². The SMILES string of the molecule is CN(CCOc1ccccc1Br)C[C@@H]1CCOC1. The summed E-state index contributed by atoms with van der Waals surface area (Å²) in [5.74, 6) is 1.61. The molecule has 1 aliphatic rings. The minimum atomic E-state index is 0.693. The lowest BCUT2D eigenvalue weighted by atomic mass is 10.1. The Kier molecular flexibility index (Phi) is 5.47. The van der Waals surface area contributed by atoms with Gasteiger partial charge in [0.15, 0.2) is 0 Å². The predicted octanol–water partition coefficient (Wildman–Crippen LogP) is 2.80. The molecule has 0 aliphatic carbocycles. The topological polar surface area (TPSA) is 21.7 Å². The largest absolute Gasteiger partial charge is 0.491 e. The van der Waals surface area contributed by atoms with E-state index < -0.39 is 0 Å². The summed E-state index contributed by atoms with van der Waals surface area (Å²) in [7, 11) is 2.14. The quantitative estimate of drug-likeness (QED) is 0.806. The van der Waals surface area contributed by atoms with Gasteiger partial charge in [-0.15, -0.1) is 0 Å². The monoisotopic (exact) mass is 313 g/mol. The third-order valence-electron chi connectivity index (χ3n) is 3.16. The van der Waals surface area contributed by atoms with Crippen molar-refractivity contribution in [3.05, 3.63) is 28.7 Å². The van der Waals surface area contributed by atoms with Gasteiger partial charge in [-0.25, -0.2) is 0 Å². The second-order valence-electron chi connectivity index (χ2n) is 4.77. The fourth-order valence-electron chi connectivity index (χ4n) is 2.13. The maximum absolute atomic E-state index is 5.75. The van der Waals surface area contributed by atoms with Crippen LogP contribution >= 0.6 is 15.9 Å². The summed E-state index contributed by atoms with van der Waals surface area (Å²) in [6, 6.07) is 7.95. The lowest BCUT2D eigenvalue weighted by Gasteiger charge is -2.20. The summed E-state index contributed by atoms with van der Waals surface area (Å²) >= 11 is 3.48. The molecule has 1 fully saturated rings. The summed E-state index contributed by atoms with van der Waals surface area (Å²) < 4.78 is 12.1. The van der Waals surface area contributed by atoms with Gasteiger partial charge in [0.25, 0.3) is 0 Å². The van der Waals surface area contributed by atoms with Crippen LogP contribution in [0.15, 0.2) is 28.7 Å². The Hall–Kier alpha value is -0.580. The van der Waals surface area contributed by atoms with Gasteiger partial charge < -0.3 is 14.4 Å². The number of benzene rings is 1. The van der Waals surface area contributed by atoms with E-state index in [0.29, 0.717) is 12.5 Å². The smallest absolute Gasteiger partial charge is 0.133 e. The molecule has 100 valence electrons. The van der Waals surface area contributed by atoms with Crippen LogP contribution < -0.4 is 4.74 Å². The van der Waals surface area contributed by atoms with E-state index in [2.05, 4.69) is 27.9 Å². The highest BCUT2D eigenvalue weighted by atomic mass is 79.9. The zero-order valence-electron chi connectivity index (χ0n) is 10.8. The number of hydrogen-bond acceptors (Lipinski definition) is 3. The maximum atomic E-state index is 5.75. The Bertz CT molecular complexity index is 367. The molecule has 0 bridgehead atoms. The molecule has 1 heterocycles. The van der Waals surface area contributed by atoms with Crippen LogP contribution in [0, 0.1) is 5.92 Å². The summed E-state index contributed by atoms with van der Waals surface area (Å²) in [4.78, 5) is 2.32. The minimum absolute atomic E-state index is 0.693. The number of para-hydroxylation sites is 1. The van der Waals surface area contributed by atoms with Crippen LogP contribution in [0.25, 0.3) is 0 Å². The first kappa shape index (κ1) is 13.8. The third-order valence-corrected chi connectivity index (χ3v) is 3.82.